The van der Waals surface area contributed by atoms with Crippen molar-refractivity contribution in [3.63, 3.8) is 0 Å². The van der Waals surface area contributed by atoms with E-state index >= 15 is 0 Å². The maximum Gasteiger partial charge on any atom is 0.416 e. The van der Waals surface area contributed by atoms with Crippen LogP contribution in [-0.2, 0) is 10.9 Å². The molecule has 3 aliphatic heterocycles. The molecule has 9 heteroatoms. The van der Waals surface area contributed by atoms with Gasteiger partial charge in [-0.3, -0.25) is 0 Å². The van der Waals surface area contributed by atoms with Crippen molar-refractivity contribution in [2.45, 2.75) is 37.8 Å². The number of anilines is 2. The quantitative estimate of drug-likeness (QED) is 0.689. The molecule has 6 nitrogen and oxygen atoms in total. The summed E-state index contributed by atoms with van der Waals surface area (Å²) in [6.45, 7) is 3.46. The highest BCUT2D eigenvalue weighted by molar-refractivity contribution is 5.90. The third-order valence-electron chi connectivity index (χ3n) is 5.69. The summed E-state index contributed by atoms with van der Waals surface area (Å²) in [5.41, 5.74) is 2.01. The second kappa shape index (κ2) is 7.09. The largest absolute Gasteiger partial charge is 0.416 e. The molecular formula is C21H20F3N5O. The molecule has 0 saturated carbocycles. The van der Waals surface area contributed by atoms with E-state index in [9.17, 15) is 13.2 Å². The third kappa shape index (κ3) is 3.54. The number of rotatable bonds is 4. The Balaban J connectivity index is 1.43. The number of hydrogen-bond donors (Lipinski definition) is 1. The van der Waals surface area contributed by atoms with E-state index in [1.807, 2.05) is 13.0 Å². The predicted octanol–water partition coefficient (Wildman–Crippen LogP) is 4.19. The topological polar surface area (TPSA) is 63.2 Å². The molecule has 6 rings (SSSR count). The minimum absolute atomic E-state index is 0.272. The molecule has 0 amide bonds. The van der Waals surface area contributed by atoms with Gasteiger partial charge in [-0.15, -0.1) is 5.10 Å². The molecule has 1 aromatic carbocycles. The van der Waals surface area contributed by atoms with Crippen molar-refractivity contribution >= 4 is 22.4 Å². The van der Waals surface area contributed by atoms with Crippen molar-refractivity contribution in [3.05, 3.63) is 53.9 Å². The summed E-state index contributed by atoms with van der Waals surface area (Å²) in [4.78, 5) is 6.68. The zero-order chi connectivity index (χ0) is 20.9. The predicted molar refractivity (Wildman–Crippen MR) is 106 cm³/mol. The molecule has 1 N–H and O–H groups in total. The van der Waals surface area contributed by atoms with E-state index in [0.717, 1.165) is 42.7 Å². The molecule has 3 aliphatic rings. The Morgan fingerprint density at radius 2 is 1.93 bits per heavy atom. The van der Waals surface area contributed by atoms with Crippen LogP contribution in [0.1, 0.15) is 30.5 Å². The van der Waals surface area contributed by atoms with Crippen molar-refractivity contribution < 1.29 is 17.9 Å². The summed E-state index contributed by atoms with van der Waals surface area (Å²) >= 11 is 0. The van der Waals surface area contributed by atoms with Crippen LogP contribution in [0, 0.1) is 0 Å². The lowest BCUT2D eigenvalue weighted by atomic mass is 9.98. The van der Waals surface area contributed by atoms with Gasteiger partial charge < -0.3 is 15.0 Å². The number of fused-ring (bicyclic) bond motifs is 3. The van der Waals surface area contributed by atoms with Gasteiger partial charge in [0.15, 0.2) is 5.65 Å². The molecule has 3 fully saturated rings. The SMILES string of the molecule is C[C@@H](Nc1cnnc2ncc(N3CC4CC(C3)O4)cc12)c1cccc(C(F)(F)F)c1. The molecule has 30 heavy (non-hydrogen) atoms. The lowest BCUT2D eigenvalue weighted by Gasteiger charge is -2.47. The molecular weight excluding hydrogens is 395 g/mol. The summed E-state index contributed by atoms with van der Waals surface area (Å²) in [6, 6.07) is 6.97. The molecule has 2 bridgehead atoms. The maximum atomic E-state index is 13.1. The van der Waals surface area contributed by atoms with Gasteiger partial charge >= 0.3 is 6.18 Å². The average Bonchev–Trinajstić information content (AvgIpc) is 2.73. The van der Waals surface area contributed by atoms with Gasteiger partial charge in [-0.2, -0.15) is 18.3 Å². The Kier molecular flexibility index (Phi) is 4.50. The van der Waals surface area contributed by atoms with Crippen LogP contribution in [0.15, 0.2) is 42.7 Å². The molecule has 2 unspecified atom stereocenters. The van der Waals surface area contributed by atoms with Crippen LogP contribution >= 0.6 is 0 Å². The van der Waals surface area contributed by atoms with Crippen LogP contribution in [0.5, 0.6) is 0 Å². The van der Waals surface area contributed by atoms with E-state index in [1.165, 1.54) is 6.07 Å². The number of hydrogen-bond acceptors (Lipinski definition) is 6. The van der Waals surface area contributed by atoms with E-state index in [0.29, 0.717) is 16.9 Å². The monoisotopic (exact) mass is 415 g/mol. The van der Waals surface area contributed by atoms with Crippen LogP contribution in [0.25, 0.3) is 11.0 Å². The summed E-state index contributed by atoms with van der Waals surface area (Å²) < 4.78 is 44.9. The van der Waals surface area contributed by atoms with Gasteiger partial charge in [-0.25, -0.2) is 4.98 Å². The highest BCUT2D eigenvalue weighted by atomic mass is 19.4. The lowest BCUT2D eigenvalue weighted by molar-refractivity contribution is -0.137. The van der Waals surface area contributed by atoms with Crippen molar-refractivity contribution in [1.29, 1.82) is 0 Å². The van der Waals surface area contributed by atoms with Crippen LogP contribution in [-0.4, -0.2) is 40.5 Å². The zero-order valence-corrected chi connectivity index (χ0v) is 16.2. The number of alkyl halides is 3. The first kappa shape index (κ1) is 19.0. The molecule has 3 atom stereocenters. The number of halogens is 3. The molecule has 3 aromatic rings. The smallest absolute Gasteiger partial charge is 0.377 e. The fourth-order valence-corrected chi connectivity index (χ4v) is 4.09. The number of morpholine rings is 1. The van der Waals surface area contributed by atoms with Gasteiger partial charge in [-0.05, 0) is 30.7 Å². The fraction of sp³-hybridized carbons (Fsp3) is 0.381. The Morgan fingerprint density at radius 1 is 1.17 bits per heavy atom. The number of ether oxygens (including phenoxy) is 1. The third-order valence-corrected chi connectivity index (χ3v) is 5.69. The Hall–Kier alpha value is -2.94. The Morgan fingerprint density at radius 3 is 2.67 bits per heavy atom. The second-order valence-electron chi connectivity index (χ2n) is 7.83. The van der Waals surface area contributed by atoms with Gasteiger partial charge in [0, 0.05) is 30.9 Å². The first-order valence-electron chi connectivity index (χ1n) is 9.82. The van der Waals surface area contributed by atoms with Gasteiger partial charge in [0.05, 0.1) is 41.5 Å². The van der Waals surface area contributed by atoms with Crippen molar-refractivity contribution in [2.75, 3.05) is 23.3 Å². The van der Waals surface area contributed by atoms with Crippen LogP contribution in [0.3, 0.4) is 0 Å². The minimum Gasteiger partial charge on any atom is -0.377 e. The van der Waals surface area contributed by atoms with Gasteiger partial charge in [0.1, 0.15) is 0 Å². The number of nitrogens with one attached hydrogen (secondary N) is 1. The van der Waals surface area contributed by atoms with E-state index in [1.54, 1.807) is 18.5 Å². The maximum absolute atomic E-state index is 13.1. The van der Waals surface area contributed by atoms with Crippen LogP contribution in [0.2, 0.25) is 0 Å². The second-order valence-corrected chi connectivity index (χ2v) is 7.83. The first-order valence-corrected chi connectivity index (χ1v) is 9.82. The standard InChI is InChI=1S/C21H20F3N5O/c1-12(13-3-2-4-14(5-13)21(22,23)24)27-19-9-26-28-20-18(19)6-15(8-25-20)29-10-16-7-17(11-29)30-16/h2-6,8-9,12,16-17H,7,10-11H2,1H3,(H,25,27,28)/t12-,16?,17?/m1/s1. The normalized spacial score (nSPS) is 21.9. The van der Waals surface area contributed by atoms with Crippen molar-refractivity contribution in [2.24, 2.45) is 0 Å². The average molecular weight is 415 g/mol. The number of piperidine rings is 1. The van der Waals surface area contributed by atoms with Crippen molar-refractivity contribution in [3.8, 4) is 0 Å². The minimum atomic E-state index is -4.38. The van der Waals surface area contributed by atoms with Gasteiger partial charge in [0.2, 0.25) is 0 Å². The summed E-state index contributed by atoms with van der Waals surface area (Å²) in [5.74, 6) is 0. The molecule has 3 saturated heterocycles. The summed E-state index contributed by atoms with van der Waals surface area (Å²) in [7, 11) is 0. The molecule has 5 heterocycles. The molecule has 0 radical (unpaired) electrons. The van der Waals surface area contributed by atoms with E-state index < -0.39 is 11.7 Å². The first-order chi connectivity index (χ1) is 14.4. The van der Waals surface area contributed by atoms with E-state index in [2.05, 4.69) is 25.4 Å². The molecule has 2 aromatic heterocycles. The van der Waals surface area contributed by atoms with Crippen molar-refractivity contribution in [1.82, 2.24) is 15.2 Å². The van der Waals surface area contributed by atoms with Crippen LogP contribution in [0.4, 0.5) is 24.5 Å². The van der Waals surface area contributed by atoms with Crippen LogP contribution < -0.4 is 10.2 Å². The lowest BCUT2D eigenvalue weighted by Crippen LogP contribution is -2.57. The van der Waals surface area contributed by atoms with E-state index in [-0.39, 0.29) is 18.2 Å². The van der Waals surface area contributed by atoms with E-state index in [4.69, 9.17) is 4.74 Å². The number of nitrogens with zero attached hydrogens (tertiary/aromatic N) is 4. The molecule has 156 valence electrons. The summed E-state index contributed by atoms with van der Waals surface area (Å²) in [6.07, 6.45) is 0.626. The Bertz CT molecular complexity index is 1070. The number of pyridine rings is 1. The summed E-state index contributed by atoms with van der Waals surface area (Å²) in [5, 5.41) is 12.1. The van der Waals surface area contributed by atoms with Gasteiger partial charge in [0.25, 0.3) is 0 Å². The fourth-order valence-electron chi connectivity index (χ4n) is 4.09. The molecule has 0 aliphatic carbocycles. The molecule has 0 spiro atoms. The van der Waals surface area contributed by atoms with Gasteiger partial charge in [-0.1, -0.05) is 12.1 Å². The number of aromatic nitrogens is 3. The highest BCUT2D eigenvalue weighted by Crippen LogP contribution is 2.34. The highest BCUT2D eigenvalue weighted by Gasteiger charge is 2.38. The zero-order valence-electron chi connectivity index (χ0n) is 16.2. The Labute approximate surface area is 171 Å². The number of benzene rings is 1.